The summed E-state index contributed by atoms with van der Waals surface area (Å²) in [6.45, 7) is 2.12. The molecule has 3 heterocycles. The van der Waals surface area contributed by atoms with E-state index in [0.717, 1.165) is 11.3 Å². The van der Waals surface area contributed by atoms with Crippen molar-refractivity contribution in [1.29, 1.82) is 0 Å². The van der Waals surface area contributed by atoms with Crippen LogP contribution < -0.4 is 25.9 Å². The monoisotopic (exact) mass is 480 g/mol. The summed E-state index contributed by atoms with van der Waals surface area (Å²) in [5.41, 5.74) is 3.41. The lowest BCUT2D eigenvalue weighted by Gasteiger charge is -2.43. The van der Waals surface area contributed by atoms with E-state index in [1.54, 1.807) is 0 Å². The highest BCUT2D eigenvalue weighted by molar-refractivity contribution is 6.30. The summed E-state index contributed by atoms with van der Waals surface area (Å²) in [5, 5.41) is 16.3. The summed E-state index contributed by atoms with van der Waals surface area (Å²) >= 11 is 6.06. The van der Waals surface area contributed by atoms with Gasteiger partial charge in [0.2, 0.25) is 17.8 Å². The molecule has 34 heavy (non-hydrogen) atoms. The van der Waals surface area contributed by atoms with Crippen LogP contribution in [-0.4, -0.2) is 51.4 Å². The molecule has 5 rings (SSSR count). The Bertz CT molecular complexity index is 1170. The molecule has 2 aromatic carbocycles. The van der Waals surface area contributed by atoms with Gasteiger partial charge in [-0.15, -0.1) is 0 Å². The zero-order chi connectivity index (χ0) is 23.5. The number of nitrogens with zero attached hydrogens (tertiary/aromatic N) is 5. The quantitative estimate of drug-likeness (QED) is 0.395. The van der Waals surface area contributed by atoms with Crippen molar-refractivity contribution in [2.45, 2.75) is 24.9 Å². The highest BCUT2D eigenvalue weighted by Gasteiger charge is 2.50. The van der Waals surface area contributed by atoms with E-state index in [4.69, 9.17) is 11.6 Å². The normalized spacial score (nSPS) is 17.1. The lowest BCUT2D eigenvalue weighted by atomic mass is 9.86. The first-order chi connectivity index (χ1) is 16.6. The Hall–Kier alpha value is -3.63. The molecular formula is C23H25ClN8O2. The van der Waals surface area contributed by atoms with Crippen LogP contribution in [0.3, 0.4) is 0 Å². The first-order valence-electron chi connectivity index (χ1n) is 11.1. The third kappa shape index (κ3) is 4.29. The lowest BCUT2D eigenvalue weighted by molar-refractivity contribution is -0.124. The fraction of sp³-hybridized carbons (Fsp3) is 0.304. The number of piperidine rings is 1. The number of hydrogen-bond donors (Lipinski definition) is 4. The molecule has 0 unspecified atom stereocenters. The molecule has 0 radical (unpaired) electrons. The summed E-state index contributed by atoms with van der Waals surface area (Å²) < 4.78 is 0. The van der Waals surface area contributed by atoms with Crippen molar-refractivity contribution in [2.75, 3.05) is 40.4 Å². The number of amides is 1. The molecule has 11 heteroatoms. The number of carbonyl (C=O) groups excluding carboxylic acids is 1. The smallest absolute Gasteiger partial charge is 0.253 e. The molecule has 10 nitrogen and oxygen atoms in total. The van der Waals surface area contributed by atoms with E-state index < -0.39 is 5.54 Å². The van der Waals surface area contributed by atoms with Gasteiger partial charge in [0.1, 0.15) is 5.54 Å². The van der Waals surface area contributed by atoms with Gasteiger partial charge in [0.25, 0.3) is 5.95 Å². The van der Waals surface area contributed by atoms with Crippen LogP contribution in [0.25, 0.3) is 0 Å². The van der Waals surface area contributed by atoms with E-state index in [1.807, 2.05) is 65.0 Å². The molecule has 1 amide bonds. The summed E-state index contributed by atoms with van der Waals surface area (Å²) in [6, 6.07) is 17.5. The highest BCUT2D eigenvalue weighted by Crippen LogP contribution is 2.37. The van der Waals surface area contributed by atoms with Gasteiger partial charge in [0.05, 0.1) is 6.67 Å². The van der Waals surface area contributed by atoms with Gasteiger partial charge in [-0.05, 0) is 42.7 Å². The van der Waals surface area contributed by atoms with Crippen molar-refractivity contribution in [3.05, 3.63) is 65.2 Å². The SMILES string of the molecule is O=C1NCN(c2ccccc2)C12CCN(c1nc(NO)nc(NCc3cccc(Cl)c3)n1)CC2. The van der Waals surface area contributed by atoms with E-state index in [9.17, 15) is 10.0 Å². The van der Waals surface area contributed by atoms with Crippen LogP contribution in [0.4, 0.5) is 23.5 Å². The van der Waals surface area contributed by atoms with Gasteiger partial charge in [-0.25, -0.2) is 5.48 Å². The van der Waals surface area contributed by atoms with Crippen LogP contribution in [0.2, 0.25) is 5.02 Å². The van der Waals surface area contributed by atoms with Crippen LogP contribution in [0.1, 0.15) is 18.4 Å². The van der Waals surface area contributed by atoms with E-state index in [-0.39, 0.29) is 11.9 Å². The molecule has 2 aliphatic heterocycles. The summed E-state index contributed by atoms with van der Waals surface area (Å²) in [4.78, 5) is 30.1. The predicted octanol–water partition coefficient (Wildman–Crippen LogP) is 2.87. The average molecular weight is 481 g/mol. The molecule has 0 atom stereocenters. The van der Waals surface area contributed by atoms with E-state index in [2.05, 4.69) is 30.5 Å². The number of anilines is 4. The number of halogens is 1. The fourth-order valence-electron chi connectivity index (χ4n) is 4.57. The molecule has 0 bridgehead atoms. The summed E-state index contributed by atoms with van der Waals surface area (Å²) in [7, 11) is 0. The average Bonchev–Trinajstić information content (AvgIpc) is 3.18. The van der Waals surface area contributed by atoms with Crippen molar-refractivity contribution >= 4 is 41.0 Å². The van der Waals surface area contributed by atoms with Gasteiger partial charge in [0, 0.05) is 30.3 Å². The van der Waals surface area contributed by atoms with Gasteiger partial charge < -0.3 is 20.4 Å². The Kier molecular flexibility index (Phi) is 6.08. The zero-order valence-electron chi connectivity index (χ0n) is 18.4. The van der Waals surface area contributed by atoms with Crippen LogP contribution in [-0.2, 0) is 11.3 Å². The number of carbonyl (C=O) groups is 1. The second-order valence-electron chi connectivity index (χ2n) is 8.32. The fourth-order valence-corrected chi connectivity index (χ4v) is 4.79. The predicted molar refractivity (Wildman–Crippen MR) is 130 cm³/mol. The van der Waals surface area contributed by atoms with Crippen LogP contribution in [0.15, 0.2) is 54.6 Å². The van der Waals surface area contributed by atoms with Gasteiger partial charge in [-0.2, -0.15) is 15.0 Å². The number of hydrogen-bond acceptors (Lipinski definition) is 9. The molecule has 0 aliphatic carbocycles. The molecule has 2 aliphatic rings. The molecular weight excluding hydrogens is 456 g/mol. The summed E-state index contributed by atoms with van der Waals surface area (Å²) in [6.07, 6.45) is 1.24. The highest BCUT2D eigenvalue weighted by atomic mass is 35.5. The maximum Gasteiger partial charge on any atom is 0.253 e. The Morgan fingerprint density at radius 1 is 1.03 bits per heavy atom. The number of aromatic nitrogens is 3. The van der Waals surface area contributed by atoms with Gasteiger partial charge >= 0.3 is 0 Å². The third-order valence-corrected chi connectivity index (χ3v) is 6.58. The topological polar surface area (TPSA) is 119 Å². The minimum absolute atomic E-state index is 0.0448. The number of para-hydroxylation sites is 1. The third-order valence-electron chi connectivity index (χ3n) is 6.34. The Morgan fingerprint density at radius 2 is 1.79 bits per heavy atom. The molecule has 4 N–H and O–H groups in total. The minimum atomic E-state index is -0.601. The number of benzene rings is 2. The largest absolute Gasteiger partial charge is 0.350 e. The molecule has 1 aromatic heterocycles. The first kappa shape index (κ1) is 22.2. The molecule has 3 aromatic rings. The Balaban J connectivity index is 1.32. The van der Waals surface area contributed by atoms with Gasteiger partial charge in [0.15, 0.2) is 0 Å². The first-order valence-corrected chi connectivity index (χ1v) is 11.5. The van der Waals surface area contributed by atoms with Crippen molar-refractivity contribution in [3.8, 4) is 0 Å². The molecule has 2 saturated heterocycles. The maximum absolute atomic E-state index is 12.9. The molecule has 0 saturated carbocycles. The van der Waals surface area contributed by atoms with Gasteiger partial charge in [-0.3, -0.25) is 10.0 Å². The van der Waals surface area contributed by atoms with E-state index in [0.29, 0.717) is 56.1 Å². The summed E-state index contributed by atoms with van der Waals surface area (Å²) in [5.74, 6) is 0.850. The minimum Gasteiger partial charge on any atom is -0.350 e. The number of rotatable bonds is 6. The van der Waals surface area contributed by atoms with E-state index >= 15 is 0 Å². The van der Waals surface area contributed by atoms with Crippen molar-refractivity contribution < 1.29 is 10.0 Å². The maximum atomic E-state index is 12.9. The van der Waals surface area contributed by atoms with Gasteiger partial charge in [-0.1, -0.05) is 41.9 Å². The standard InChI is InChI=1S/C23H25ClN8O2/c24-17-6-4-5-16(13-17)14-25-20-27-21(30-34)29-22(28-20)31-11-9-23(10-12-31)19(33)26-15-32(23)18-7-2-1-3-8-18/h1-8,13,34H,9-12,14-15H2,(H,26,33)(H2,25,27,28,29,30). The lowest BCUT2D eigenvalue weighted by Crippen LogP contribution is -2.56. The van der Waals surface area contributed by atoms with Crippen LogP contribution in [0.5, 0.6) is 0 Å². The molecule has 2 fully saturated rings. The van der Waals surface area contributed by atoms with Crippen molar-refractivity contribution in [3.63, 3.8) is 0 Å². The molecule has 176 valence electrons. The second kappa shape index (κ2) is 9.32. The number of nitrogens with one attached hydrogen (secondary N) is 3. The molecule has 1 spiro atoms. The zero-order valence-corrected chi connectivity index (χ0v) is 19.2. The van der Waals surface area contributed by atoms with Crippen molar-refractivity contribution in [1.82, 2.24) is 20.3 Å². The van der Waals surface area contributed by atoms with Crippen LogP contribution in [0, 0.1) is 0 Å². The van der Waals surface area contributed by atoms with Crippen molar-refractivity contribution in [2.24, 2.45) is 0 Å². The Morgan fingerprint density at radius 3 is 2.53 bits per heavy atom. The Labute approximate surface area is 201 Å². The van der Waals surface area contributed by atoms with Crippen LogP contribution >= 0.6 is 11.6 Å². The second-order valence-corrected chi connectivity index (χ2v) is 8.76. The van der Waals surface area contributed by atoms with E-state index in [1.165, 1.54) is 0 Å².